The summed E-state index contributed by atoms with van der Waals surface area (Å²) in [7, 11) is 3.34. The first-order chi connectivity index (χ1) is 41.7. The van der Waals surface area contributed by atoms with E-state index in [1.54, 1.807) is 23.7 Å². The summed E-state index contributed by atoms with van der Waals surface area (Å²) >= 11 is 12.8. The zero-order valence-electron chi connectivity index (χ0n) is 50.9. The highest BCUT2D eigenvalue weighted by Gasteiger charge is 2.38. The molecule has 4 aromatic carbocycles. The van der Waals surface area contributed by atoms with Gasteiger partial charge in [-0.3, -0.25) is 29.5 Å². The van der Waals surface area contributed by atoms with Gasteiger partial charge in [-0.2, -0.15) is 10.4 Å². The number of nitrogens with zero attached hydrogens (tertiary/aromatic N) is 11. The van der Waals surface area contributed by atoms with Crippen LogP contribution in [-0.2, 0) is 38.3 Å². The van der Waals surface area contributed by atoms with Crippen LogP contribution in [0.15, 0.2) is 96.1 Å². The maximum Gasteiger partial charge on any atom is 0.323 e. The molecule has 22 heteroatoms. The molecule has 2 bridgehead atoms. The van der Waals surface area contributed by atoms with Crippen molar-refractivity contribution in [1.29, 1.82) is 5.26 Å². The highest BCUT2D eigenvalue weighted by molar-refractivity contribution is 6.30. The number of amides is 4. The molecule has 6 aromatic rings. The number of carbonyl (C=O) groups is 3. The summed E-state index contributed by atoms with van der Waals surface area (Å²) in [5.74, 6) is 0.459. The standard InChI is InChI=1S/C65H78Cl2FN13O6/c1-9-87-56-37-45(64(3,4)5)16-22-50(56)60(74-65(6,44-14-19-47(67)20-15-44)42(2)43-12-17-46(66)18-13-43)73-63(84)79-29-27-78(28-30-79)32-34-86-36-35-85-33-24-57(82)76(7)26-31-81-55-41-77(8)62(83)49-23-21-48(68)38-51(49)54-11-10-25-80(54)61-59(70)71-40-53(72-61)58(55)52(39-69)75-81/h12-23,37-38,40,42,54H,9-11,24-36,41H2,1-8H3,(H2,70,71)(H,73,74,84)/t42-,54+,65+/m0/s1. The summed E-state index contributed by atoms with van der Waals surface area (Å²) < 4.78 is 34.6. The van der Waals surface area contributed by atoms with E-state index >= 15 is 0 Å². The molecule has 0 unspecified atom stereocenters. The summed E-state index contributed by atoms with van der Waals surface area (Å²) in [5, 5.41) is 19.5. The number of nitrogen functional groups attached to an aromatic ring is 1. The second-order valence-electron chi connectivity index (χ2n) is 23.5. The van der Waals surface area contributed by atoms with E-state index in [1.807, 2.05) is 77.4 Å². The molecular weight excluding hydrogens is 1150 g/mol. The van der Waals surface area contributed by atoms with Crippen LogP contribution in [0.2, 0.25) is 10.0 Å². The zero-order valence-corrected chi connectivity index (χ0v) is 52.4. The largest absolute Gasteiger partial charge is 0.493 e. The van der Waals surface area contributed by atoms with Gasteiger partial charge in [0.05, 0.1) is 92.8 Å². The first kappa shape index (κ1) is 63.8. The molecule has 0 aliphatic carbocycles. The van der Waals surface area contributed by atoms with Gasteiger partial charge >= 0.3 is 6.03 Å². The molecule has 3 aliphatic heterocycles. The van der Waals surface area contributed by atoms with Crippen LogP contribution in [0, 0.1) is 17.1 Å². The number of anilines is 2. The molecule has 3 atom stereocenters. The van der Waals surface area contributed by atoms with Gasteiger partial charge in [-0.1, -0.05) is 81.2 Å². The van der Waals surface area contributed by atoms with Crippen molar-refractivity contribution in [1.82, 2.24) is 44.7 Å². The molecule has 0 spiro atoms. The van der Waals surface area contributed by atoms with Crippen molar-refractivity contribution in [3.05, 3.63) is 152 Å². The molecule has 3 N–H and O–H groups in total. The lowest BCUT2D eigenvalue weighted by Crippen LogP contribution is -2.53. The number of nitriles is 1. The second kappa shape index (κ2) is 28.0. The molecule has 5 heterocycles. The van der Waals surface area contributed by atoms with Gasteiger partial charge in [0.1, 0.15) is 23.5 Å². The van der Waals surface area contributed by atoms with Gasteiger partial charge in [0.15, 0.2) is 17.3 Å². The number of carbonyl (C=O) groups excluding carboxylic acids is 3. The van der Waals surface area contributed by atoms with Crippen molar-refractivity contribution >= 4 is 58.5 Å². The average Bonchev–Trinajstić information content (AvgIpc) is 1.88. The Balaban J connectivity index is 0.767. The minimum Gasteiger partial charge on any atom is -0.493 e. The lowest BCUT2D eigenvalue weighted by atomic mass is 9.77. The van der Waals surface area contributed by atoms with Crippen molar-refractivity contribution < 1.29 is 33.0 Å². The Morgan fingerprint density at radius 2 is 1.61 bits per heavy atom. The number of likely N-dealkylation sites (N-methyl/N-ethyl adjacent to an activating group) is 1. The molecule has 19 nitrogen and oxygen atoms in total. The van der Waals surface area contributed by atoms with E-state index in [-0.39, 0.29) is 79.4 Å². The fourth-order valence-electron chi connectivity index (χ4n) is 11.5. The first-order valence-corrected chi connectivity index (χ1v) is 30.4. The van der Waals surface area contributed by atoms with Crippen LogP contribution in [0.25, 0.3) is 11.3 Å². The number of ether oxygens (including phenoxy) is 3. The number of amidine groups is 1. The minimum atomic E-state index is -0.898. The molecule has 4 amide bonds. The van der Waals surface area contributed by atoms with Crippen molar-refractivity contribution in [2.45, 2.75) is 96.8 Å². The predicted molar refractivity (Wildman–Crippen MR) is 336 cm³/mol. The van der Waals surface area contributed by atoms with E-state index in [0.29, 0.717) is 133 Å². The van der Waals surface area contributed by atoms with Gasteiger partial charge in [0, 0.05) is 81.4 Å². The molecule has 87 heavy (non-hydrogen) atoms. The van der Waals surface area contributed by atoms with Crippen LogP contribution in [0.5, 0.6) is 5.75 Å². The number of benzene rings is 4. The Morgan fingerprint density at radius 1 is 0.920 bits per heavy atom. The maximum absolute atomic E-state index is 14.8. The average molecular weight is 1230 g/mol. The summed E-state index contributed by atoms with van der Waals surface area (Å²) in [4.78, 5) is 66.1. The van der Waals surface area contributed by atoms with Gasteiger partial charge < -0.3 is 39.5 Å². The Kier molecular flexibility index (Phi) is 20.5. The highest BCUT2D eigenvalue weighted by atomic mass is 35.5. The SMILES string of the molecule is CCOc1cc(C(C)(C)C)ccc1C(=N[C@@](C)(c1ccc(Cl)cc1)[C@@H](C)c1ccc(Cl)cc1)NC(=O)N1CCN(CCOCCOCCC(=O)N(C)CCn2nc(C#N)c3c2CN(C)C(=O)c2ccc(F)cc2[C@H]2CCCN2c2nc-3cnc2N)CC1. The number of nitrogens with one attached hydrogen (secondary N) is 1. The number of hydrogen-bond donors (Lipinski definition) is 2. The van der Waals surface area contributed by atoms with E-state index < -0.39 is 11.4 Å². The molecule has 9 rings (SSSR count). The molecule has 3 aliphatic rings. The Bertz CT molecular complexity index is 3510. The summed E-state index contributed by atoms with van der Waals surface area (Å²) in [5.41, 5.74) is 11.3. The van der Waals surface area contributed by atoms with Gasteiger partial charge in [0.25, 0.3) is 5.91 Å². The lowest BCUT2D eigenvalue weighted by Gasteiger charge is -2.36. The third kappa shape index (κ3) is 14.8. The third-order valence-electron chi connectivity index (χ3n) is 16.8. The normalized spacial score (nSPS) is 16.6. The first-order valence-electron chi connectivity index (χ1n) is 29.7. The van der Waals surface area contributed by atoms with Crippen molar-refractivity contribution in [3.63, 3.8) is 0 Å². The number of halogens is 3. The zero-order chi connectivity index (χ0) is 62.2. The molecule has 460 valence electrons. The third-order valence-corrected chi connectivity index (χ3v) is 17.3. The van der Waals surface area contributed by atoms with E-state index in [0.717, 1.165) is 23.1 Å². The highest BCUT2D eigenvalue weighted by Crippen LogP contribution is 2.44. The van der Waals surface area contributed by atoms with Crippen molar-refractivity contribution in [2.75, 3.05) is 104 Å². The summed E-state index contributed by atoms with van der Waals surface area (Å²) in [6.07, 6.45) is 3.03. The summed E-state index contributed by atoms with van der Waals surface area (Å²) in [6, 6.07) is 27.3. The van der Waals surface area contributed by atoms with Crippen molar-refractivity contribution in [2.24, 2.45) is 4.99 Å². The van der Waals surface area contributed by atoms with Gasteiger partial charge in [-0.25, -0.2) is 19.2 Å². The minimum absolute atomic E-state index is 0.0287. The van der Waals surface area contributed by atoms with E-state index in [1.165, 1.54) is 29.3 Å². The molecule has 2 saturated heterocycles. The van der Waals surface area contributed by atoms with Crippen LogP contribution in [0.4, 0.5) is 20.8 Å². The van der Waals surface area contributed by atoms with E-state index in [9.17, 15) is 24.0 Å². The van der Waals surface area contributed by atoms with Gasteiger partial charge in [0.2, 0.25) is 5.91 Å². The van der Waals surface area contributed by atoms with Crippen LogP contribution in [0.3, 0.4) is 0 Å². The fourth-order valence-corrected chi connectivity index (χ4v) is 11.7. The monoisotopic (exact) mass is 1230 g/mol. The van der Waals surface area contributed by atoms with Gasteiger partial charge in [-0.15, -0.1) is 0 Å². The van der Waals surface area contributed by atoms with Crippen LogP contribution in [-0.4, -0.2) is 156 Å². The number of nitrogens with two attached hydrogens (primary N) is 1. The fraction of sp³-hybridized carbons (Fsp3) is 0.446. The number of aromatic nitrogens is 4. The quantitative estimate of drug-likeness (QED) is 0.0439. The van der Waals surface area contributed by atoms with Crippen LogP contribution < -0.4 is 20.7 Å². The Morgan fingerprint density at radius 3 is 2.30 bits per heavy atom. The predicted octanol–water partition coefficient (Wildman–Crippen LogP) is 10.2. The summed E-state index contributed by atoms with van der Waals surface area (Å²) in [6.45, 7) is 18.2. The van der Waals surface area contributed by atoms with E-state index in [2.05, 4.69) is 67.1 Å². The smallest absolute Gasteiger partial charge is 0.323 e. The van der Waals surface area contributed by atoms with E-state index in [4.69, 9.17) is 53.1 Å². The number of hydrogen-bond acceptors (Lipinski definition) is 14. The Labute approximate surface area is 519 Å². The number of fused-ring (bicyclic) bond motifs is 8. The van der Waals surface area contributed by atoms with Crippen LogP contribution in [0.1, 0.15) is 122 Å². The second-order valence-corrected chi connectivity index (χ2v) is 24.4. The Hall–Kier alpha value is -7.67. The molecular formula is C65H78Cl2FN13O6. The number of aliphatic imine (C=N–C) groups is 1. The molecule has 2 fully saturated rings. The molecule has 2 aromatic heterocycles. The molecule has 0 saturated carbocycles. The number of rotatable bonds is 19. The van der Waals surface area contributed by atoms with Crippen molar-refractivity contribution in [3.8, 4) is 23.1 Å². The van der Waals surface area contributed by atoms with Crippen LogP contribution >= 0.6 is 23.2 Å². The maximum atomic E-state index is 14.8. The topological polar surface area (TPSA) is 213 Å². The number of piperazine rings is 1. The number of urea groups is 1. The molecule has 0 radical (unpaired) electrons. The lowest BCUT2D eigenvalue weighted by molar-refractivity contribution is -0.131. The van der Waals surface area contributed by atoms with Gasteiger partial charge in [-0.05, 0) is 109 Å².